The zero-order valence-corrected chi connectivity index (χ0v) is 15.0. The Hall–Kier alpha value is -1.18. The van der Waals surface area contributed by atoms with Crippen molar-refractivity contribution in [3.63, 3.8) is 0 Å². The first-order valence-electron chi connectivity index (χ1n) is 7.91. The van der Waals surface area contributed by atoms with Gasteiger partial charge in [0.2, 0.25) is 0 Å². The molecule has 3 nitrogen and oxygen atoms in total. The number of nitrogens with zero attached hydrogens (tertiary/aromatic N) is 2. The van der Waals surface area contributed by atoms with Gasteiger partial charge in [0, 0.05) is 23.9 Å². The third-order valence-electron chi connectivity index (χ3n) is 3.99. The minimum atomic E-state index is 0.199. The third kappa shape index (κ3) is 6.72. The van der Waals surface area contributed by atoms with E-state index in [0.717, 1.165) is 43.7 Å². The van der Waals surface area contributed by atoms with Crippen LogP contribution in [0.5, 0.6) is 0 Å². The summed E-state index contributed by atoms with van der Waals surface area (Å²) in [6.45, 7) is 17.5. The molecule has 1 saturated heterocycles. The van der Waals surface area contributed by atoms with Crippen LogP contribution < -0.4 is 4.72 Å². The van der Waals surface area contributed by atoms with Crippen LogP contribution in [0, 0.1) is 16.7 Å². The maximum atomic E-state index is 8.91. The molecule has 0 bridgehead atoms. The summed E-state index contributed by atoms with van der Waals surface area (Å²) in [6.07, 6.45) is 6.76. The van der Waals surface area contributed by atoms with Gasteiger partial charge in [-0.2, -0.15) is 5.26 Å². The van der Waals surface area contributed by atoms with Gasteiger partial charge in [-0.25, -0.2) is 0 Å². The van der Waals surface area contributed by atoms with Gasteiger partial charge in [-0.05, 0) is 61.0 Å². The lowest BCUT2D eigenvalue weighted by Crippen LogP contribution is -2.39. The van der Waals surface area contributed by atoms with Gasteiger partial charge in [0.1, 0.15) is 0 Å². The molecule has 1 aliphatic rings. The van der Waals surface area contributed by atoms with Gasteiger partial charge in [-0.3, -0.25) is 4.90 Å². The largest absolute Gasteiger partial charge is 0.330 e. The van der Waals surface area contributed by atoms with Crippen molar-refractivity contribution in [2.75, 3.05) is 19.6 Å². The van der Waals surface area contributed by atoms with Crippen LogP contribution >= 0.6 is 11.9 Å². The van der Waals surface area contributed by atoms with Gasteiger partial charge < -0.3 is 4.72 Å². The number of hydrogen-bond donors (Lipinski definition) is 1. The fourth-order valence-corrected chi connectivity index (χ4v) is 3.00. The highest BCUT2D eigenvalue weighted by molar-refractivity contribution is 7.98. The molecule has 0 unspecified atom stereocenters. The lowest BCUT2D eigenvalue weighted by atomic mass is 9.78. The molecular weight excluding hydrogens is 290 g/mol. The van der Waals surface area contributed by atoms with E-state index in [1.54, 1.807) is 11.9 Å². The summed E-state index contributed by atoms with van der Waals surface area (Å²) in [6, 6.07) is 2.32. The SMILES string of the molecule is C=C/C(=C\C(=C)CN1CCC(C)(CC#N)CC1)NSC(C)C. The van der Waals surface area contributed by atoms with Crippen LogP contribution in [0.4, 0.5) is 0 Å². The fourth-order valence-electron chi connectivity index (χ4n) is 2.49. The summed E-state index contributed by atoms with van der Waals surface area (Å²) in [4.78, 5) is 2.42. The Morgan fingerprint density at radius 2 is 2.09 bits per heavy atom. The number of allylic oxidation sites excluding steroid dienone is 1. The van der Waals surface area contributed by atoms with E-state index in [0.29, 0.717) is 11.7 Å². The van der Waals surface area contributed by atoms with Crippen molar-refractivity contribution >= 4 is 11.9 Å². The summed E-state index contributed by atoms with van der Waals surface area (Å²) in [5.41, 5.74) is 2.30. The van der Waals surface area contributed by atoms with Gasteiger partial charge in [0.05, 0.1) is 6.07 Å². The number of hydrogen-bond acceptors (Lipinski definition) is 4. The minimum absolute atomic E-state index is 0.199. The quantitative estimate of drug-likeness (QED) is 0.535. The van der Waals surface area contributed by atoms with Crippen molar-refractivity contribution < 1.29 is 0 Å². The van der Waals surface area contributed by atoms with Crippen molar-refractivity contribution in [1.82, 2.24) is 9.62 Å². The molecule has 1 N–H and O–H groups in total. The van der Waals surface area contributed by atoms with Gasteiger partial charge in [-0.15, -0.1) is 0 Å². The second-order valence-corrected chi connectivity index (χ2v) is 8.04. The summed E-state index contributed by atoms with van der Waals surface area (Å²) in [5, 5.41) is 9.43. The number of piperidine rings is 1. The van der Waals surface area contributed by atoms with Crippen LogP contribution in [0.25, 0.3) is 0 Å². The van der Waals surface area contributed by atoms with Crippen LogP contribution in [0.1, 0.15) is 40.0 Å². The van der Waals surface area contributed by atoms with Crippen molar-refractivity contribution in [2.24, 2.45) is 5.41 Å². The summed E-state index contributed by atoms with van der Waals surface area (Å²) >= 11 is 1.68. The third-order valence-corrected chi connectivity index (χ3v) is 4.81. The van der Waals surface area contributed by atoms with Crippen molar-refractivity contribution in [2.45, 2.75) is 45.3 Å². The Morgan fingerprint density at radius 3 is 2.59 bits per heavy atom. The highest BCUT2D eigenvalue weighted by Gasteiger charge is 2.29. The van der Waals surface area contributed by atoms with E-state index in [9.17, 15) is 0 Å². The highest BCUT2D eigenvalue weighted by Crippen LogP contribution is 2.34. The van der Waals surface area contributed by atoms with Crippen LogP contribution in [-0.4, -0.2) is 29.8 Å². The standard InChI is InChI=1S/C18H29N3S/c1-6-17(20-22-15(2)3)13-16(4)14-21-11-8-18(5,7-10-19)9-12-21/h6,13,15,20H,1,4,7-9,11-12,14H2,2-3,5H3/b17-13+. The highest BCUT2D eigenvalue weighted by atomic mass is 32.2. The fraction of sp³-hybridized carbons (Fsp3) is 0.611. The zero-order valence-electron chi connectivity index (χ0n) is 14.2. The zero-order chi connectivity index (χ0) is 16.6. The van der Waals surface area contributed by atoms with Gasteiger partial charge >= 0.3 is 0 Å². The van der Waals surface area contributed by atoms with E-state index in [1.807, 2.05) is 6.08 Å². The molecule has 0 aromatic carbocycles. The second-order valence-electron chi connectivity index (χ2n) is 6.65. The van der Waals surface area contributed by atoms with Crippen molar-refractivity contribution in [1.29, 1.82) is 5.26 Å². The second kappa shape index (κ2) is 9.07. The molecule has 22 heavy (non-hydrogen) atoms. The number of rotatable bonds is 8. The Kier molecular flexibility index (Phi) is 7.78. The van der Waals surface area contributed by atoms with E-state index in [4.69, 9.17) is 5.26 Å². The molecule has 1 aliphatic heterocycles. The molecule has 1 fully saturated rings. The first-order chi connectivity index (χ1) is 10.4. The van der Waals surface area contributed by atoms with E-state index >= 15 is 0 Å². The Morgan fingerprint density at radius 1 is 1.45 bits per heavy atom. The van der Waals surface area contributed by atoms with Gasteiger partial charge in [0.25, 0.3) is 0 Å². The van der Waals surface area contributed by atoms with Crippen LogP contribution in [0.3, 0.4) is 0 Å². The van der Waals surface area contributed by atoms with Crippen LogP contribution in [-0.2, 0) is 0 Å². The molecule has 0 saturated carbocycles. The van der Waals surface area contributed by atoms with Crippen molar-refractivity contribution in [3.8, 4) is 6.07 Å². The van der Waals surface area contributed by atoms with Crippen molar-refractivity contribution in [3.05, 3.63) is 36.6 Å². The maximum absolute atomic E-state index is 8.91. The van der Waals surface area contributed by atoms with E-state index in [-0.39, 0.29) is 5.41 Å². The molecule has 122 valence electrons. The number of nitrogens with one attached hydrogen (secondary N) is 1. The van der Waals surface area contributed by atoms with E-state index in [2.05, 4.69) is 55.7 Å². The lowest BCUT2D eigenvalue weighted by Gasteiger charge is -2.38. The van der Waals surface area contributed by atoms with Crippen LogP contribution in [0.15, 0.2) is 36.6 Å². The van der Waals surface area contributed by atoms with E-state index in [1.165, 1.54) is 0 Å². The average Bonchev–Trinajstić information content (AvgIpc) is 2.46. The predicted octanol–water partition coefficient (Wildman–Crippen LogP) is 4.27. The maximum Gasteiger partial charge on any atom is 0.0627 e. The van der Waals surface area contributed by atoms with Gasteiger partial charge in [-0.1, -0.05) is 33.9 Å². The van der Waals surface area contributed by atoms with E-state index < -0.39 is 0 Å². The number of likely N-dealkylation sites (tertiary alicyclic amines) is 1. The Balaban J connectivity index is 2.45. The number of nitriles is 1. The summed E-state index contributed by atoms with van der Waals surface area (Å²) < 4.78 is 3.31. The molecule has 1 rings (SSSR count). The molecule has 0 aromatic heterocycles. The van der Waals surface area contributed by atoms with Gasteiger partial charge in [0.15, 0.2) is 0 Å². The summed E-state index contributed by atoms with van der Waals surface area (Å²) in [7, 11) is 0. The smallest absolute Gasteiger partial charge is 0.0627 e. The molecule has 0 aromatic rings. The molecule has 1 heterocycles. The molecule has 4 heteroatoms. The normalized spacial score (nSPS) is 18.8. The minimum Gasteiger partial charge on any atom is -0.330 e. The monoisotopic (exact) mass is 319 g/mol. The Labute approximate surface area is 140 Å². The molecule has 0 spiro atoms. The first kappa shape index (κ1) is 18.9. The summed E-state index contributed by atoms with van der Waals surface area (Å²) in [5.74, 6) is 0. The Bertz CT molecular complexity index is 451. The van der Waals surface area contributed by atoms with Crippen LogP contribution in [0.2, 0.25) is 0 Å². The molecule has 0 amide bonds. The molecular formula is C18H29N3S. The lowest BCUT2D eigenvalue weighted by molar-refractivity contribution is 0.130. The first-order valence-corrected chi connectivity index (χ1v) is 8.79. The molecule has 0 atom stereocenters. The average molecular weight is 320 g/mol. The predicted molar refractivity (Wildman–Crippen MR) is 97.3 cm³/mol. The molecule has 0 aliphatic carbocycles. The topological polar surface area (TPSA) is 39.1 Å². The molecule has 0 radical (unpaired) electrons.